The van der Waals surface area contributed by atoms with Crippen LogP contribution in [0.3, 0.4) is 0 Å². The maximum atomic E-state index is 11.3. The fourth-order valence-electron chi connectivity index (χ4n) is 3.03. The SMILES string of the molecule is CC(=O)N(C)C1CC([N+]2(C)CCN(C)CC2)C1. The summed E-state index contributed by atoms with van der Waals surface area (Å²) in [7, 11) is 6.53. The fraction of sp³-hybridized carbons (Fsp3) is 0.923. The Bertz CT molecular complexity index is 291. The molecule has 4 heteroatoms. The molecule has 1 saturated carbocycles. The second kappa shape index (κ2) is 4.58. The molecule has 0 aromatic carbocycles. The number of carbonyl (C=O) groups excluding carboxylic acids is 1. The van der Waals surface area contributed by atoms with Gasteiger partial charge in [0.25, 0.3) is 0 Å². The van der Waals surface area contributed by atoms with Gasteiger partial charge < -0.3 is 9.38 Å². The van der Waals surface area contributed by atoms with Crippen molar-refractivity contribution in [2.75, 3.05) is 47.3 Å². The van der Waals surface area contributed by atoms with Crippen molar-refractivity contribution in [3.05, 3.63) is 0 Å². The van der Waals surface area contributed by atoms with Crippen LogP contribution in [0.2, 0.25) is 0 Å². The average molecular weight is 240 g/mol. The van der Waals surface area contributed by atoms with Gasteiger partial charge in [0.05, 0.1) is 26.2 Å². The number of rotatable bonds is 2. The van der Waals surface area contributed by atoms with E-state index in [2.05, 4.69) is 19.0 Å². The van der Waals surface area contributed by atoms with E-state index in [0.29, 0.717) is 6.04 Å². The Labute approximate surface area is 105 Å². The summed E-state index contributed by atoms with van der Waals surface area (Å²) in [5, 5.41) is 0. The Balaban J connectivity index is 1.85. The van der Waals surface area contributed by atoms with Crippen LogP contribution in [0.1, 0.15) is 19.8 Å². The van der Waals surface area contributed by atoms with Crippen LogP contribution in [0.15, 0.2) is 0 Å². The van der Waals surface area contributed by atoms with Gasteiger partial charge in [0.1, 0.15) is 0 Å². The summed E-state index contributed by atoms with van der Waals surface area (Å²) in [6, 6.07) is 1.27. The number of carbonyl (C=O) groups is 1. The zero-order valence-electron chi connectivity index (χ0n) is 11.6. The van der Waals surface area contributed by atoms with E-state index >= 15 is 0 Å². The minimum absolute atomic E-state index is 0.203. The number of quaternary nitrogens is 1. The largest absolute Gasteiger partial charge is 0.343 e. The van der Waals surface area contributed by atoms with Gasteiger partial charge in [0.2, 0.25) is 5.91 Å². The van der Waals surface area contributed by atoms with Crippen molar-refractivity contribution in [2.45, 2.75) is 31.8 Å². The van der Waals surface area contributed by atoms with Gasteiger partial charge in [-0.2, -0.15) is 0 Å². The smallest absolute Gasteiger partial charge is 0.219 e. The third kappa shape index (κ3) is 2.47. The van der Waals surface area contributed by atoms with Gasteiger partial charge in [-0.15, -0.1) is 0 Å². The molecule has 2 rings (SSSR count). The summed E-state index contributed by atoms with van der Waals surface area (Å²) < 4.78 is 1.21. The Morgan fingerprint density at radius 3 is 2.29 bits per heavy atom. The second-order valence-electron chi connectivity index (χ2n) is 6.14. The lowest BCUT2D eigenvalue weighted by Crippen LogP contribution is -2.67. The minimum atomic E-state index is 0.203. The second-order valence-corrected chi connectivity index (χ2v) is 6.14. The normalized spacial score (nSPS) is 32.9. The van der Waals surface area contributed by atoms with Gasteiger partial charge in [-0.25, -0.2) is 0 Å². The van der Waals surface area contributed by atoms with Gasteiger partial charge in [-0.3, -0.25) is 9.69 Å². The predicted molar refractivity (Wildman–Crippen MR) is 68.7 cm³/mol. The molecule has 0 radical (unpaired) electrons. The summed E-state index contributed by atoms with van der Waals surface area (Å²) in [5.41, 5.74) is 0. The van der Waals surface area contributed by atoms with E-state index in [-0.39, 0.29) is 5.91 Å². The van der Waals surface area contributed by atoms with Crippen LogP contribution < -0.4 is 0 Å². The lowest BCUT2D eigenvalue weighted by Gasteiger charge is -2.53. The molecule has 0 unspecified atom stereocenters. The summed E-state index contributed by atoms with van der Waals surface area (Å²) in [6.45, 7) is 6.61. The van der Waals surface area contributed by atoms with Gasteiger partial charge in [-0.1, -0.05) is 0 Å². The molecule has 1 heterocycles. The highest BCUT2D eigenvalue weighted by Gasteiger charge is 2.45. The van der Waals surface area contributed by atoms with E-state index in [1.165, 1.54) is 43.5 Å². The van der Waals surface area contributed by atoms with E-state index in [4.69, 9.17) is 0 Å². The fourth-order valence-corrected chi connectivity index (χ4v) is 3.03. The quantitative estimate of drug-likeness (QED) is 0.652. The van der Waals surface area contributed by atoms with Crippen LogP contribution in [-0.4, -0.2) is 79.6 Å². The predicted octanol–water partition coefficient (Wildman–Crippen LogP) is 0.388. The van der Waals surface area contributed by atoms with Crippen LogP contribution in [0, 0.1) is 0 Å². The first-order valence-corrected chi connectivity index (χ1v) is 6.68. The number of nitrogens with zero attached hydrogens (tertiary/aromatic N) is 3. The molecule has 0 N–H and O–H groups in total. The molecule has 0 bridgehead atoms. The zero-order valence-corrected chi connectivity index (χ0v) is 11.6. The molecule has 1 amide bonds. The molecule has 17 heavy (non-hydrogen) atoms. The highest BCUT2D eigenvalue weighted by atomic mass is 16.2. The van der Waals surface area contributed by atoms with E-state index < -0.39 is 0 Å². The molecule has 0 aromatic rings. The van der Waals surface area contributed by atoms with Crippen LogP contribution in [0.5, 0.6) is 0 Å². The van der Waals surface area contributed by atoms with Crippen LogP contribution in [-0.2, 0) is 4.79 Å². The molecule has 4 nitrogen and oxygen atoms in total. The van der Waals surface area contributed by atoms with Gasteiger partial charge in [0.15, 0.2) is 0 Å². The molecule has 0 spiro atoms. The molecule has 0 atom stereocenters. The molecule has 2 aliphatic rings. The van der Waals surface area contributed by atoms with Crippen molar-refractivity contribution in [3.63, 3.8) is 0 Å². The molecule has 1 aliphatic carbocycles. The van der Waals surface area contributed by atoms with Crippen molar-refractivity contribution >= 4 is 5.91 Å². The third-order valence-electron chi connectivity index (χ3n) is 5.00. The van der Waals surface area contributed by atoms with Gasteiger partial charge in [0, 0.05) is 45.9 Å². The Morgan fingerprint density at radius 2 is 1.82 bits per heavy atom. The summed E-state index contributed by atoms with van der Waals surface area (Å²) >= 11 is 0. The van der Waals surface area contributed by atoms with Crippen LogP contribution >= 0.6 is 0 Å². The number of likely N-dealkylation sites (N-methyl/N-ethyl adjacent to an activating group) is 2. The topological polar surface area (TPSA) is 23.6 Å². The number of piperazine rings is 1. The first-order chi connectivity index (χ1) is 7.92. The van der Waals surface area contributed by atoms with Crippen molar-refractivity contribution in [1.29, 1.82) is 0 Å². The van der Waals surface area contributed by atoms with E-state index in [1.54, 1.807) is 6.92 Å². The Morgan fingerprint density at radius 1 is 1.29 bits per heavy atom. The molecule has 2 fully saturated rings. The van der Waals surface area contributed by atoms with Gasteiger partial charge in [-0.05, 0) is 7.05 Å². The maximum absolute atomic E-state index is 11.3. The molecule has 0 aromatic heterocycles. The minimum Gasteiger partial charge on any atom is -0.343 e. The van der Waals surface area contributed by atoms with E-state index in [0.717, 1.165) is 6.04 Å². The van der Waals surface area contributed by atoms with E-state index in [9.17, 15) is 4.79 Å². The summed E-state index contributed by atoms with van der Waals surface area (Å²) in [5.74, 6) is 0.203. The number of hydrogen-bond donors (Lipinski definition) is 0. The lowest BCUT2D eigenvalue weighted by molar-refractivity contribution is -0.943. The maximum Gasteiger partial charge on any atom is 0.219 e. The molecule has 1 saturated heterocycles. The Hall–Kier alpha value is -0.610. The first-order valence-electron chi connectivity index (χ1n) is 6.68. The average Bonchev–Trinajstić information content (AvgIpc) is 2.20. The van der Waals surface area contributed by atoms with E-state index in [1.807, 2.05) is 11.9 Å². The number of hydrogen-bond acceptors (Lipinski definition) is 2. The van der Waals surface area contributed by atoms with Crippen molar-refractivity contribution in [3.8, 4) is 0 Å². The standard InChI is InChI=1S/C13H26N3O/c1-11(17)15(3)12-9-13(10-12)16(4)7-5-14(2)6-8-16/h12-13H,5-10H2,1-4H3/q+1. The molecule has 98 valence electrons. The Kier molecular flexibility index (Phi) is 3.46. The van der Waals surface area contributed by atoms with Crippen LogP contribution in [0.25, 0.3) is 0 Å². The molecule has 1 aliphatic heterocycles. The highest BCUT2D eigenvalue weighted by Crippen LogP contribution is 2.34. The monoisotopic (exact) mass is 240 g/mol. The van der Waals surface area contributed by atoms with Crippen molar-refractivity contribution < 1.29 is 9.28 Å². The van der Waals surface area contributed by atoms with Gasteiger partial charge >= 0.3 is 0 Å². The molecular formula is C13H26N3O+. The van der Waals surface area contributed by atoms with Crippen LogP contribution in [0.4, 0.5) is 0 Å². The first kappa shape index (κ1) is 12.8. The highest BCUT2D eigenvalue weighted by molar-refractivity contribution is 5.73. The lowest BCUT2D eigenvalue weighted by atomic mass is 9.82. The summed E-state index contributed by atoms with van der Waals surface area (Å²) in [4.78, 5) is 15.6. The van der Waals surface area contributed by atoms with Crippen molar-refractivity contribution in [1.82, 2.24) is 9.80 Å². The molecular weight excluding hydrogens is 214 g/mol. The summed E-state index contributed by atoms with van der Waals surface area (Å²) in [6.07, 6.45) is 2.38. The number of amides is 1. The third-order valence-corrected chi connectivity index (χ3v) is 5.00. The van der Waals surface area contributed by atoms with Crippen molar-refractivity contribution in [2.24, 2.45) is 0 Å². The zero-order chi connectivity index (χ0) is 12.6.